The van der Waals surface area contributed by atoms with Crippen molar-refractivity contribution in [2.75, 3.05) is 26.7 Å². The molecule has 1 spiro atoms. The molecule has 2 amide bonds. The Labute approximate surface area is 201 Å². The fourth-order valence-corrected chi connectivity index (χ4v) is 5.60. The molecule has 35 heavy (non-hydrogen) atoms. The number of hydrogen-bond donors (Lipinski definition) is 1. The van der Waals surface area contributed by atoms with Gasteiger partial charge in [0.2, 0.25) is 5.91 Å². The van der Waals surface area contributed by atoms with Gasteiger partial charge in [-0.05, 0) is 42.4 Å². The lowest BCUT2D eigenvalue weighted by molar-refractivity contribution is -0.271. The van der Waals surface area contributed by atoms with Crippen molar-refractivity contribution in [3.63, 3.8) is 0 Å². The molecule has 1 unspecified atom stereocenters. The first-order chi connectivity index (χ1) is 16.5. The first-order valence-electron chi connectivity index (χ1n) is 11.5. The van der Waals surface area contributed by atoms with Crippen molar-refractivity contribution >= 4 is 11.8 Å². The highest BCUT2D eigenvalue weighted by atomic mass is 19.4. The molecule has 2 aliphatic rings. The van der Waals surface area contributed by atoms with E-state index in [9.17, 15) is 27.2 Å². The molecule has 0 saturated carbocycles. The molecule has 2 aromatic carbocycles. The average Bonchev–Trinajstić information content (AvgIpc) is 2.82. The van der Waals surface area contributed by atoms with E-state index in [-0.39, 0.29) is 42.7 Å². The van der Waals surface area contributed by atoms with E-state index in [1.807, 2.05) is 0 Å². The van der Waals surface area contributed by atoms with E-state index < -0.39 is 23.1 Å². The number of ether oxygens (including phenoxy) is 1. The van der Waals surface area contributed by atoms with Crippen molar-refractivity contribution in [3.8, 4) is 0 Å². The third kappa shape index (κ3) is 4.30. The average molecular weight is 493 g/mol. The van der Waals surface area contributed by atoms with Crippen molar-refractivity contribution in [2.24, 2.45) is 5.41 Å². The first-order valence-corrected chi connectivity index (χ1v) is 11.5. The summed E-state index contributed by atoms with van der Waals surface area (Å²) >= 11 is 0. The van der Waals surface area contributed by atoms with Crippen LogP contribution in [-0.2, 0) is 19.9 Å². The Balaban J connectivity index is 1.63. The van der Waals surface area contributed by atoms with Gasteiger partial charge in [0, 0.05) is 44.6 Å². The van der Waals surface area contributed by atoms with Crippen LogP contribution in [0.25, 0.3) is 0 Å². The molecule has 9 heteroatoms. The number of likely N-dealkylation sites (tertiary alicyclic amines) is 1. The number of hydrogen-bond acceptors (Lipinski definition) is 3. The summed E-state index contributed by atoms with van der Waals surface area (Å²) in [4.78, 5) is 27.0. The Morgan fingerprint density at radius 1 is 1.11 bits per heavy atom. The van der Waals surface area contributed by atoms with Gasteiger partial charge in [0.1, 0.15) is 5.82 Å². The molecule has 2 aliphatic heterocycles. The second-order valence-electron chi connectivity index (χ2n) is 9.45. The number of halogens is 4. The minimum absolute atomic E-state index is 0.0524. The zero-order valence-electron chi connectivity index (χ0n) is 19.6. The smallest absolute Gasteiger partial charge is 0.356 e. The summed E-state index contributed by atoms with van der Waals surface area (Å²) in [5.74, 6) is -1.76. The Morgan fingerprint density at radius 3 is 2.34 bits per heavy atom. The molecule has 188 valence electrons. The van der Waals surface area contributed by atoms with Gasteiger partial charge >= 0.3 is 6.18 Å². The SMILES string of the molecule is CO[C@@](C(=O)N1CCC2(CC1)CC(=O)NCC2c1ccc(F)c(C)c1)(c1ccccc1)C(F)(F)F. The van der Waals surface area contributed by atoms with Crippen LogP contribution >= 0.6 is 0 Å². The number of nitrogens with one attached hydrogen (secondary N) is 1. The number of piperidine rings is 2. The van der Waals surface area contributed by atoms with Gasteiger partial charge in [-0.1, -0.05) is 42.5 Å². The van der Waals surface area contributed by atoms with E-state index in [0.717, 1.165) is 12.7 Å². The number of methoxy groups -OCH3 is 1. The number of aryl methyl sites for hydroxylation is 1. The van der Waals surface area contributed by atoms with Crippen LogP contribution in [0.15, 0.2) is 48.5 Å². The van der Waals surface area contributed by atoms with Crippen LogP contribution in [0.2, 0.25) is 0 Å². The van der Waals surface area contributed by atoms with Crippen molar-refractivity contribution < 1.29 is 31.9 Å². The predicted molar refractivity (Wildman–Crippen MR) is 121 cm³/mol. The van der Waals surface area contributed by atoms with E-state index in [0.29, 0.717) is 24.9 Å². The maximum atomic E-state index is 14.4. The fraction of sp³-hybridized carbons (Fsp3) is 0.462. The lowest BCUT2D eigenvalue weighted by Gasteiger charge is -2.50. The van der Waals surface area contributed by atoms with Crippen LogP contribution in [0.5, 0.6) is 0 Å². The van der Waals surface area contributed by atoms with Crippen LogP contribution < -0.4 is 5.32 Å². The van der Waals surface area contributed by atoms with Gasteiger partial charge in [-0.25, -0.2) is 4.39 Å². The molecule has 5 nitrogen and oxygen atoms in total. The zero-order chi connectivity index (χ0) is 25.4. The molecule has 2 saturated heterocycles. The largest absolute Gasteiger partial charge is 0.430 e. The topological polar surface area (TPSA) is 58.6 Å². The van der Waals surface area contributed by atoms with Gasteiger partial charge in [-0.3, -0.25) is 9.59 Å². The van der Waals surface area contributed by atoms with Crippen LogP contribution in [0.1, 0.15) is 41.9 Å². The van der Waals surface area contributed by atoms with Crippen LogP contribution in [0.4, 0.5) is 17.6 Å². The molecule has 0 aromatic heterocycles. The number of carbonyl (C=O) groups is 2. The molecular weight excluding hydrogens is 464 g/mol. The molecule has 0 radical (unpaired) electrons. The van der Waals surface area contributed by atoms with Gasteiger partial charge in [0.15, 0.2) is 0 Å². The van der Waals surface area contributed by atoms with Crippen LogP contribution in [-0.4, -0.2) is 49.6 Å². The summed E-state index contributed by atoms with van der Waals surface area (Å²) in [5, 5.41) is 2.86. The minimum atomic E-state index is -4.98. The maximum absolute atomic E-state index is 14.4. The number of amides is 2. The molecule has 0 aliphatic carbocycles. The van der Waals surface area contributed by atoms with Gasteiger partial charge < -0.3 is 15.0 Å². The summed E-state index contributed by atoms with van der Waals surface area (Å²) < 4.78 is 61.9. The Morgan fingerprint density at radius 2 is 1.77 bits per heavy atom. The van der Waals surface area contributed by atoms with Crippen molar-refractivity contribution in [1.82, 2.24) is 10.2 Å². The van der Waals surface area contributed by atoms with Crippen LogP contribution in [0.3, 0.4) is 0 Å². The van der Waals surface area contributed by atoms with E-state index in [4.69, 9.17) is 4.74 Å². The number of benzene rings is 2. The monoisotopic (exact) mass is 492 g/mol. The van der Waals surface area contributed by atoms with Crippen molar-refractivity contribution in [2.45, 2.75) is 43.9 Å². The number of nitrogens with zero attached hydrogens (tertiary/aromatic N) is 1. The highest BCUT2D eigenvalue weighted by molar-refractivity contribution is 5.88. The molecule has 0 bridgehead atoms. The van der Waals surface area contributed by atoms with E-state index in [1.54, 1.807) is 25.1 Å². The van der Waals surface area contributed by atoms with Gasteiger partial charge in [0.05, 0.1) is 0 Å². The van der Waals surface area contributed by atoms with Gasteiger partial charge in [0.25, 0.3) is 11.5 Å². The molecule has 2 fully saturated rings. The van der Waals surface area contributed by atoms with E-state index in [1.165, 1.54) is 35.2 Å². The minimum Gasteiger partial charge on any atom is -0.356 e. The first kappa shape index (κ1) is 25.2. The summed E-state index contributed by atoms with van der Waals surface area (Å²) in [7, 11) is 0.891. The second-order valence-corrected chi connectivity index (χ2v) is 9.45. The Hall–Kier alpha value is -2.94. The van der Waals surface area contributed by atoms with Gasteiger partial charge in [-0.15, -0.1) is 0 Å². The van der Waals surface area contributed by atoms with Crippen LogP contribution in [0, 0.1) is 18.2 Å². The molecule has 2 aromatic rings. The van der Waals surface area contributed by atoms with E-state index >= 15 is 0 Å². The molecule has 2 atom stereocenters. The Bertz CT molecular complexity index is 1100. The normalized spacial score (nSPS) is 21.9. The third-order valence-corrected chi connectivity index (χ3v) is 7.57. The van der Waals surface area contributed by atoms with E-state index in [2.05, 4.69) is 5.32 Å². The van der Waals surface area contributed by atoms with Crippen molar-refractivity contribution in [1.29, 1.82) is 0 Å². The lowest BCUT2D eigenvalue weighted by Crippen LogP contribution is -2.60. The summed E-state index contributed by atoms with van der Waals surface area (Å²) in [6.45, 7) is 2.12. The molecule has 4 rings (SSSR count). The molecular formula is C26H28F4N2O3. The van der Waals surface area contributed by atoms with Gasteiger partial charge in [-0.2, -0.15) is 13.2 Å². The Kier molecular flexibility index (Phi) is 6.66. The molecule has 2 heterocycles. The summed E-state index contributed by atoms with van der Waals surface area (Å²) in [6.07, 6.45) is -4.09. The maximum Gasteiger partial charge on any atom is 0.430 e. The highest BCUT2D eigenvalue weighted by Gasteiger charge is 2.64. The molecule has 1 N–H and O–H groups in total. The quantitative estimate of drug-likeness (QED) is 0.642. The number of rotatable bonds is 4. The summed E-state index contributed by atoms with van der Waals surface area (Å²) in [6, 6.07) is 11.7. The highest BCUT2D eigenvalue weighted by Crippen LogP contribution is 2.50. The summed E-state index contributed by atoms with van der Waals surface area (Å²) in [5.41, 5.74) is -2.58. The number of alkyl halides is 3. The van der Waals surface area contributed by atoms with Crippen molar-refractivity contribution in [3.05, 3.63) is 71.0 Å². The predicted octanol–water partition coefficient (Wildman–Crippen LogP) is 4.45. The second kappa shape index (κ2) is 9.26. The number of carbonyl (C=O) groups excluding carboxylic acids is 2. The standard InChI is InChI=1S/C26H28F4N2O3/c1-17-14-18(8-9-21(17)27)20-16-31-22(33)15-24(20)10-12-32(13-11-24)23(34)25(35-2,26(28,29)30)19-6-4-3-5-7-19/h3-9,14,20H,10-13,15-16H2,1-2H3,(H,31,33)/t20?,25-/m1/s1. The third-order valence-electron chi connectivity index (χ3n) is 7.57. The fourth-order valence-electron chi connectivity index (χ4n) is 5.60. The lowest BCUT2D eigenvalue weighted by atomic mass is 9.62. The zero-order valence-corrected chi connectivity index (χ0v) is 19.6.